The zero-order valence-electron chi connectivity index (χ0n) is 18.0. The summed E-state index contributed by atoms with van der Waals surface area (Å²) < 4.78 is 82.6. The first-order valence-corrected chi connectivity index (χ1v) is 11.8. The third kappa shape index (κ3) is 7.23. The van der Waals surface area contributed by atoms with E-state index in [1.54, 1.807) is 0 Å². The summed E-state index contributed by atoms with van der Waals surface area (Å²) in [6, 6.07) is -0.367. The van der Waals surface area contributed by atoms with Crippen molar-refractivity contribution in [1.82, 2.24) is 5.32 Å². The molecular formula is C19H22F5NO7Si. The Morgan fingerprint density at radius 1 is 0.697 bits per heavy atom. The molecule has 0 aromatic heterocycles. The minimum absolute atomic E-state index is 0.140. The van der Waals surface area contributed by atoms with Crippen LogP contribution in [0.3, 0.4) is 0 Å². The molecular weight excluding hydrogens is 477 g/mol. The molecule has 0 radical (unpaired) electrons. The Morgan fingerprint density at radius 2 is 1.06 bits per heavy atom. The summed E-state index contributed by atoms with van der Waals surface area (Å²) >= 11 is 0. The summed E-state index contributed by atoms with van der Waals surface area (Å²) in [5, 5.41) is 1.96. The highest BCUT2D eigenvalue weighted by molar-refractivity contribution is 6.65. The van der Waals surface area contributed by atoms with Crippen LogP contribution in [0.2, 0.25) is 6.04 Å². The van der Waals surface area contributed by atoms with Crippen molar-refractivity contribution in [1.29, 1.82) is 0 Å². The summed E-state index contributed by atoms with van der Waals surface area (Å²) in [6.45, 7) is 3.88. The lowest BCUT2D eigenvalue weighted by Gasteiger charge is -2.27. The standard InChI is InChI=1S/C19H22F5NO7Si/c1-4-10(26)30-33(31-11(27)5-2,32-12(28)6-3)9-7-8-25-19(29)13-14(20)16(22)18(24)17(23)15(13)21/h4-9H2,1-3H3,(H,25,29). The third-order valence-corrected chi connectivity index (χ3v) is 6.64. The van der Waals surface area contributed by atoms with Crippen LogP contribution in [0.15, 0.2) is 0 Å². The highest BCUT2D eigenvalue weighted by Gasteiger charge is 2.52. The number of halogens is 5. The van der Waals surface area contributed by atoms with Gasteiger partial charge in [0.15, 0.2) is 23.3 Å². The minimum Gasteiger partial charge on any atom is -0.455 e. The van der Waals surface area contributed by atoms with Gasteiger partial charge in [-0.25, -0.2) is 22.0 Å². The van der Waals surface area contributed by atoms with Crippen LogP contribution in [0, 0.1) is 29.1 Å². The number of carbonyl (C=O) groups is 4. The van der Waals surface area contributed by atoms with Gasteiger partial charge in [-0.15, -0.1) is 0 Å². The van der Waals surface area contributed by atoms with Crippen molar-refractivity contribution < 1.29 is 54.4 Å². The smallest absolute Gasteiger partial charge is 0.455 e. The SMILES string of the molecule is CCC(=O)O[Si](CCCNC(=O)c1c(F)c(F)c(F)c(F)c1F)(OC(=O)CC)OC(=O)CC. The second kappa shape index (κ2) is 12.3. The van der Waals surface area contributed by atoms with Crippen molar-refractivity contribution in [3.8, 4) is 0 Å². The molecule has 14 heteroatoms. The molecule has 0 aliphatic heterocycles. The van der Waals surface area contributed by atoms with Crippen LogP contribution in [-0.2, 0) is 27.7 Å². The maximum absolute atomic E-state index is 13.8. The van der Waals surface area contributed by atoms with E-state index in [1.165, 1.54) is 20.8 Å². The van der Waals surface area contributed by atoms with Crippen LogP contribution < -0.4 is 5.32 Å². The Kier molecular flexibility index (Phi) is 10.4. The average molecular weight is 499 g/mol. The van der Waals surface area contributed by atoms with Gasteiger partial charge < -0.3 is 18.6 Å². The molecule has 0 heterocycles. The van der Waals surface area contributed by atoms with Crippen molar-refractivity contribution in [2.75, 3.05) is 6.54 Å². The van der Waals surface area contributed by atoms with Gasteiger partial charge in [-0.1, -0.05) is 20.8 Å². The molecule has 1 N–H and O–H groups in total. The molecule has 1 rings (SSSR count). The topological polar surface area (TPSA) is 108 Å². The molecule has 33 heavy (non-hydrogen) atoms. The Hall–Kier alpha value is -3.03. The lowest BCUT2D eigenvalue weighted by Crippen LogP contribution is -2.50. The Morgan fingerprint density at radius 3 is 1.42 bits per heavy atom. The average Bonchev–Trinajstić information content (AvgIpc) is 2.78. The molecule has 0 unspecified atom stereocenters. The molecule has 0 atom stereocenters. The van der Waals surface area contributed by atoms with Gasteiger partial charge >= 0.3 is 8.80 Å². The van der Waals surface area contributed by atoms with Gasteiger partial charge in [0, 0.05) is 25.8 Å². The van der Waals surface area contributed by atoms with Crippen molar-refractivity contribution in [2.24, 2.45) is 0 Å². The van der Waals surface area contributed by atoms with Crippen molar-refractivity contribution in [3.05, 3.63) is 34.6 Å². The van der Waals surface area contributed by atoms with E-state index < -0.39 is 73.8 Å². The molecule has 0 bridgehead atoms. The second-order valence-corrected chi connectivity index (χ2v) is 8.95. The van der Waals surface area contributed by atoms with E-state index >= 15 is 0 Å². The lowest BCUT2D eigenvalue weighted by molar-refractivity contribution is -0.150. The van der Waals surface area contributed by atoms with Crippen LogP contribution in [0.5, 0.6) is 0 Å². The Balaban J connectivity index is 3.02. The highest BCUT2D eigenvalue weighted by atomic mass is 28.4. The quantitative estimate of drug-likeness (QED) is 0.164. The first-order valence-electron chi connectivity index (χ1n) is 9.88. The van der Waals surface area contributed by atoms with E-state index in [4.69, 9.17) is 13.3 Å². The predicted octanol–water partition coefficient (Wildman–Crippen LogP) is 3.30. The lowest BCUT2D eigenvalue weighted by atomic mass is 10.1. The van der Waals surface area contributed by atoms with E-state index in [0.717, 1.165) is 0 Å². The number of carbonyl (C=O) groups excluding carboxylic acids is 4. The van der Waals surface area contributed by atoms with E-state index in [-0.39, 0.29) is 31.7 Å². The van der Waals surface area contributed by atoms with Crippen LogP contribution in [0.25, 0.3) is 0 Å². The van der Waals surface area contributed by atoms with Crippen LogP contribution >= 0.6 is 0 Å². The van der Waals surface area contributed by atoms with E-state index in [9.17, 15) is 41.1 Å². The van der Waals surface area contributed by atoms with Crippen molar-refractivity contribution in [2.45, 2.75) is 52.5 Å². The maximum atomic E-state index is 13.8. The third-order valence-electron chi connectivity index (χ3n) is 4.06. The van der Waals surface area contributed by atoms with Crippen molar-refractivity contribution in [3.63, 3.8) is 0 Å². The second-order valence-electron chi connectivity index (χ2n) is 6.47. The molecule has 8 nitrogen and oxygen atoms in total. The summed E-state index contributed by atoms with van der Waals surface area (Å²) in [5.41, 5.74) is -1.68. The van der Waals surface area contributed by atoms with Gasteiger partial charge in [-0.05, 0) is 6.42 Å². The molecule has 0 aliphatic rings. The number of benzene rings is 1. The number of rotatable bonds is 11. The van der Waals surface area contributed by atoms with Gasteiger partial charge in [-0.3, -0.25) is 19.2 Å². The van der Waals surface area contributed by atoms with Gasteiger partial charge in [0.05, 0.1) is 6.04 Å². The van der Waals surface area contributed by atoms with Crippen LogP contribution in [0.1, 0.15) is 56.8 Å². The van der Waals surface area contributed by atoms with Crippen LogP contribution in [0.4, 0.5) is 22.0 Å². The summed E-state index contributed by atoms with van der Waals surface area (Å²) in [4.78, 5) is 47.5. The number of hydrogen-bond acceptors (Lipinski definition) is 7. The zero-order valence-corrected chi connectivity index (χ0v) is 19.0. The van der Waals surface area contributed by atoms with Gasteiger partial charge in [0.25, 0.3) is 23.8 Å². The van der Waals surface area contributed by atoms with Gasteiger partial charge in [0.2, 0.25) is 5.82 Å². The predicted molar refractivity (Wildman–Crippen MR) is 103 cm³/mol. The van der Waals surface area contributed by atoms with E-state index in [0.29, 0.717) is 0 Å². The summed E-state index contributed by atoms with van der Waals surface area (Å²) in [5.74, 6) is -15.7. The summed E-state index contributed by atoms with van der Waals surface area (Å²) in [7, 11) is -4.26. The fraction of sp³-hybridized carbons (Fsp3) is 0.474. The molecule has 0 fully saturated rings. The number of hydrogen-bond donors (Lipinski definition) is 1. The fourth-order valence-corrected chi connectivity index (χ4v) is 4.87. The van der Waals surface area contributed by atoms with Gasteiger partial charge in [-0.2, -0.15) is 0 Å². The van der Waals surface area contributed by atoms with Crippen LogP contribution in [-0.4, -0.2) is 39.2 Å². The van der Waals surface area contributed by atoms with Gasteiger partial charge in [0.1, 0.15) is 5.56 Å². The number of amides is 1. The molecule has 0 aliphatic carbocycles. The maximum Gasteiger partial charge on any atom is 0.705 e. The molecule has 0 saturated carbocycles. The van der Waals surface area contributed by atoms with E-state index in [2.05, 4.69) is 0 Å². The first kappa shape index (κ1) is 28.0. The minimum atomic E-state index is -4.26. The number of nitrogens with one attached hydrogen (secondary N) is 1. The molecule has 0 saturated heterocycles. The molecule has 1 aromatic rings. The molecule has 0 spiro atoms. The Labute approximate surface area is 186 Å². The molecule has 184 valence electrons. The normalized spacial score (nSPS) is 11.0. The molecule has 1 amide bonds. The first-order chi connectivity index (χ1) is 15.4. The summed E-state index contributed by atoms with van der Waals surface area (Å²) in [6.07, 6.45) is -0.629. The monoisotopic (exact) mass is 499 g/mol. The Bertz CT molecular complexity index is 854. The van der Waals surface area contributed by atoms with Crippen molar-refractivity contribution >= 4 is 32.6 Å². The fourth-order valence-electron chi connectivity index (χ4n) is 2.35. The van der Waals surface area contributed by atoms with E-state index in [1.807, 2.05) is 5.32 Å². The highest BCUT2D eigenvalue weighted by Crippen LogP contribution is 2.24. The zero-order chi connectivity index (χ0) is 25.3. The molecule has 1 aromatic carbocycles. The largest absolute Gasteiger partial charge is 0.705 e.